The average molecular weight is 287 g/mol. The van der Waals surface area contributed by atoms with Gasteiger partial charge in [-0.25, -0.2) is 0 Å². The molecule has 1 aromatic heterocycles. The first kappa shape index (κ1) is 14.8. The van der Waals surface area contributed by atoms with E-state index in [1.165, 1.54) is 17.1 Å². The standard InChI is InChI=1S/C15H17N3O3/c1-15(2,11-6-4-3-5-7-11)14(21)17-12-8-16-18(9-12)10-13(19)20/h3-9H,10H2,1-2H3,(H,17,21)(H,19,20). The molecule has 2 rings (SSSR count). The Morgan fingerprint density at radius 2 is 1.95 bits per heavy atom. The number of carbonyl (C=O) groups is 2. The summed E-state index contributed by atoms with van der Waals surface area (Å²) in [5.74, 6) is -1.16. The number of aliphatic carboxylic acids is 1. The van der Waals surface area contributed by atoms with E-state index in [0.717, 1.165) is 5.56 Å². The Hall–Kier alpha value is -2.63. The zero-order valence-corrected chi connectivity index (χ0v) is 11.9. The molecule has 0 atom stereocenters. The van der Waals surface area contributed by atoms with E-state index in [1.54, 1.807) is 0 Å². The van der Waals surface area contributed by atoms with Crippen molar-refractivity contribution in [3.8, 4) is 0 Å². The topological polar surface area (TPSA) is 84.2 Å². The van der Waals surface area contributed by atoms with Crippen molar-refractivity contribution in [1.82, 2.24) is 9.78 Å². The van der Waals surface area contributed by atoms with Gasteiger partial charge in [-0.05, 0) is 19.4 Å². The third-order valence-corrected chi connectivity index (χ3v) is 3.25. The van der Waals surface area contributed by atoms with Gasteiger partial charge in [0.05, 0.1) is 17.3 Å². The second-order valence-electron chi connectivity index (χ2n) is 5.27. The first-order valence-electron chi connectivity index (χ1n) is 6.51. The molecule has 6 heteroatoms. The van der Waals surface area contributed by atoms with Gasteiger partial charge in [-0.3, -0.25) is 14.3 Å². The van der Waals surface area contributed by atoms with Crippen molar-refractivity contribution >= 4 is 17.6 Å². The van der Waals surface area contributed by atoms with Crippen LogP contribution in [-0.4, -0.2) is 26.8 Å². The smallest absolute Gasteiger partial charge is 0.325 e. The van der Waals surface area contributed by atoms with Gasteiger partial charge in [-0.15, -0.1) is 0 Å². The number of carboxylic acids is 1. The molecule has 0 unspecified atom stereocenters. The minimum atomic E-state index is -0.986. The van der Waals surface area contributed by atoms with Crippen molar-refractivity contribution in [3.05, 3.63) is 48.3 Å². The van der Waals surface area contributed by atoms with Gasteiger partial charge in [0.2, 0.25) is 5.91 Å². The molecule has 110 valence electrons. The maximum atomic E-state index is 12.4. The minimum absolute atomic E-state index is 0.177. The molecule has 0 saturated carbocycles. The highest BCUT2D eigenvalue weighted by molar-refractivity contribution is 5.98. The maximum Gasteiger partial charge on any atom is 0.325 e. The number of nitrogens with one attached hydrogen (secondary N) is 1. The summed E-state index contributed by atoms with van der Waals surface area (Å²) >= 11 is 0. The summed E-state index contributed by atoms with van der Waals surface area (Å²) in [6.45, 7) is 3.43. The molecule has 2 aromatic rings. The fourth-order valence-corrected chi connectivity index (χ4v) is 1.93. The summed E-state index contributed by atoms with van der Waals surface area (Å²) in [7, 11) is 0. The number of benzene rings is 1. The number of nitrogens with zero attached hydrogens (tertiary/aromatic N) is 2. The molecular weight excluding hydrogens is 270 g/mol. The molecule has 0 radical (unpaired) electrons. The van der Waals surface area contributed by atoms with E-state index in [2.05, 4.69) is 10.4 Å². The van der Waals surface area contributed by atoms with Crippen molar-refractivity contribution in [2.75, 3.05) is 5.32 Å². The van der Waals surface area contributed by atoms with Crippen molar-refractivity contribution in [2.24, 2.45) is 0 Å². The highest BCUT2D eigenvalue weighted by atomic mass is 16.4. The molecule has 0 aliphatic rings. The Balaban J connectivity index is 2.10. The van der Waals surface area contributed by atoms with Gasteiger partial charge in [0.25, 0.3) is 0 Å². The lowest BCUT2D eigenvalue weighted by molar-refractivity contribution is -0.137. The zero-order valence-electron chi connectivity index (χ0n) is 11.9. The van der Waals surface area contributed by atoms with Gasteiger partial charge in [0.1, 0.15) is 6.54 Å². The number of amides is 1. The summed E-state index contributed by atoms with van der Waals surface area (Å²) in [6, 6.07) is 9.46. The van der Waals surface area contributed by atoms with Crippen molar-refractivity contribution < 1.29 is 14.7 Å². The fraction of sp³-hybridized carbons (Fsp3) is 0.267. The lowest BCUT2D eigenvalue weighted by Crippen LogP contribution is -2.34. The predicted octanol–water partition coefficient (Wildman–Crippen LogP) is 1.88. The van der Waals surface area contributed by atoms with E-state index in [-0.39, 0.29) is 12.5 Å². The van der Waals surface area contributed by atoms with Crippen LogP contribution in [0, 0.1) is 0 Å². The summed E-state index contributed by atoms with van der Waals surface area (Å²) in [4.78, 5) is 23.0. The molecule has 0 fully saturated rings. The van der Waals surface area contributed by atoms with E-state index in [9.17, 15) is 9.59 Å². The van der Waals surface area contributed by atoms with Crippen LogP contribution >= 0.6 is 0 Å². The Labute approximate surface area is 122 Å². The maximum absolute atomic E-state index is 12.4. The molecular formula is C15H17N3O3. The Kier molecular flexibility index (Phi) is 4.07. The second kappa shape index (κ2) is 5.78. The molecule has 0 bridgehead atoms. The SMILES string of the molecule is CC(C)(C(=O)Nc1cnn(CC(=O)O)c1)c1ccccc1. The van der Waals surface area contributed by atoms with E-state index in [0.29, 0.717) is 5.69 Å². The zero-order chi connectivity index (χ0) is 15.5. The molecule has 21 heavy (non-hydrogen) atoms. The predicted molar refractivity (Wildman–Crippen MR) is 78.0 cm³/mol. The molecule has 6 nitrogen and oxygen atoms in total. The number of aromatic nitrogens is 2. The van der Waals surface area contributed by atoms with E-state index in [4.69, 9.17) is 5.11 Å². The van der Waals surface area contributed by atoms with Crippen LogP contribution in [0.3, 0.4) is 0 Å². The molecule has 1 amide bonds. The fourth-order valence-electron chi connectivity index (χ4n) is 1.93. The number of hydrogen-bond donors (Lipinski definition) is 2. The van der Waals surface area contributed by atoms with Crippen molar-refractivity contribution in [1.29, 1.82) is 0 Å². The monoisotopic (exact) mass is 287 g/mol. The van der Waals surface area contributed by atoms with Crippen LogP contribution in [0.25, 0.3) is 0 Å². The van der Waals surface area contributed by atoms with E-state index < -0.39 is 11.4 Å². The molecule has 2 N–H and O–H groups in total. The average Bonchev–Trinajstić information content (AvgIpc) is 2.86. The van der Waals surface area contributed by atoms with Gasteiger partial charge in [-0.2, -0.15) is 5.10 Å². The molecule has 1 aromatic carbocycles. The van der Waals surface area contributed by atoms with Gasteiger partial charge in [-0.1, -0.05) is 30.3 Å². The Morgan fingerprint density at radius 1 is 1.29 bits per heavy atom. The lowest BCUT2D eigenvalue weighted by Gasteiger charge is -2.23. The van der Waals surface area contributed by atoms with Crippen molar-refractivity contribution in [2.45, 2.75) is 25.8 Å². The number of rotatable bonds is 5. The number of carboxylic acid groups (broad SMARTS) is 1. The van der Waals surface area contributed by atoms with Crippen LogP contribution in [0.15, 0.2) is 42.7 Å². The first-order valence-corrected chi connectivity index (χ1v) is 6.51. The first-order chi connectivity index (χ1) is 9.89. The van der Waals surface area contributed by atoms with Crippen LogP contribution in [-0.2, 0) is 21.5 Å². The third kappa shape index (κ3) is 3.47. The van der Waals surface area contributed by atoms with E-state index in [1.807, 2.05) is 44.2 Å². The Morgan fingerprint density at radius 3 is 2.57 bits per heavy atom. The largest absolute Gasteiger partial charge is 0.480 e. The van der Waals surface area contributed by atoms with Gasteiger partial charge in [0.15, 0.2) is 0 Å². The molecule has 0 saturated heterocycles. The normalized spacial score (nSPS) is 11.1. The summed E-state index contributed by atoms with van der Waals surface area (Å²) in [5.41, 5.74) is 0.682. The summed E-state index contributed by atoms with van der Waals surface area (Å²) in [5, 5.41) is 15.3. The number of hydrogen-bond acceptors (Lipinski definition) is 3. The third-order valence-electron chi connectivity index (χ3n) is 3.25. The summed E-state index contributed by atoms with van der Waals surface area (Å²) in [6.07, 6.45) is 2.93. The lowest BCUT2D eigenvalue weighted by atomic mass is 9.84. The van der Waals surface area contributed by atoms with Crippen LogP contribution in [0.1, 0.15) is 19.4 Å². The number of anilines is 1. The van der Waals surface area contributed by atoms with Crippen LogP contribution in [0.5, 0.6) is 0 Å². The highest BCUT2D eigenvalue weighted by Gasteiger charge is 2.29. The molecule has 0 spiro atoms. The summed E-state index contributed by atoms with van der Waals surface area (Å²) < 4.78 is 1.26. The van der Waals surface area contributed by atoms with Crippen molar-refractivity contribution in [3.63, 3.8) is 0 Å². The molecule has 0 aliphatic carbocycles. The molecule has 1 heterocycles. The van der Waals surface area contributed by atoms with Gasteiger partial charge < -0.3 is 10.4 Å². The van der Waals surface area contributed by atoms with Gasteiger partial charge >= 0.3 is 5.97 Å². The number of carbonyl (C=O) groups excluding carboxylic acids is 1. The van der Waals surface area contributed by atoms with Crippen LogP contribution in [0.2, 0.25) is 0 Å². The minimum Gasteiger partial charge on any atom is -0.480 e. The second-order valence-corrected chi connectivity index (χ2v) is 5.27. The van der Waals surface area contributed by atoms with Crippen LogP contribution in [0.4, 0.5) is 5.69 Å². The highest BCUT2D eigenvalue weighted by Crippen LogP contribution is 2.24. The quantitative estimate of drug-likeness (QED) is 0.879. The van der Waals surface area contributed by atoms with E-state index >= 15 is 0 Å². The van der Waals surface area contributed by atoms with Gasteiger partial charge in [0, 0.05) is 6.20 Å². The van der Waals surface area contributed by atoms with Crippen LogP contribution < -0.4 is 5.32 Å². The molecule has 0 aliphatic heterocycles. The Bertz CT molecular complexity index is 647.